The highest BCUT2D eigenvalue weighted by atomic mass is 19.4. The summed E-state index contributed by atoms with van der Waals surface area (Å²) < 4.78 is 58.0. The Morgan fingerprint density at radius 3 is 2.72 bits per heavy atom. The first-order valence-corrected chi connectivity index (χ1v) is 8.62. The lowest BCUT2D eigenvalue weighted by Crippen LogP contribution is -2.48. The molecule has 3 N–H and O–H groups in total. The van der Waals surface area contributed by atoms with Gasteiger partial charge >= 0.3 is 6.18 Å². The lowest BCUT2D eigenvalue weighted by molar-refractivity contribution is -0.209. The zero-order valence-electron chi connectivity index (χ0n) is 15.3. The number of rotatable bonds is 4. The van der Waals surface area contributed by atoms with E-state index in [4.69, 9.17) is 5.73 Å². The Hall–Kier alpha value is -3.17. The van der Waals surface area contributed by atoms with Crippen molar-refractivity contribution in [2.75, 3.05) is 12.0 Å². The highest BCUT2D eigenvalue weighted by molar-refractivity contribution is 6.02. The molecular formula is C19H18F4N4O2. The number of halogens is 4. The summed E-state index contributed by atoms with van der Waals surface area (Å²) in [6, 6.07) is 8.30. The molecule has 0 fully saturated rings. The van der Waals surface area contributed by atoms with Gasteiger partial charge in [-0.15, -0.1) is 0 Å². The molecule has 0 bridgehead atoms. The van der Waals surface area contributed by atoms with Crippen molar-refractivity contribution in [3.63, 3.8) is 0 Å². The first-order chi connectivity index (χ1) is 13.6. The standard InChI is InChI=1S/C19H18F4N4O2/c1-11-5-6-14(25-9-11)16(28)26-13-4-2-3-12(7-13)18(10-20)8-15(19(21,22)23)29-17(24)27-18/h2-7,9,15H,8,10H2,1H3,(H2,24,27)(H,26,28)/t15-,18+/m0/s1. The molecule has 0 spiro atoms. The number of amidine groups is 1. The van der Waals surface area contributed by atoms with Gasteiger partial charge in [-0.25, -0.2) is 9.38 Å². The lowest BCUT2D eigenvalue weighted by Gasteiger charge is -2.36. The Morgan fingerprint density at radius 1 is 1.34 bits per heavy atom. The summed E-state index contributed by atoms with van der Waals surface area (Å²) >= 11 is 0. The molecular weight excluding hydrogens is 392 g/mol. The van der Waals surface area contributed by atoms with Gasteiger partial charge < -0.3 is 15.8 Å². The van der Waals surface area contributed by atoms with Crippen molar-refractivity contribution in [2.45, 2.75) is 31.2 Å². The Bertz CT molecular complexity index is 931. The van der Waals surface area contributed by atoms with Gasteiger partial charge in [0.25, 0.3) is 11.9 Å². The van der Waals surface area contributed by atoms with Crippen LogP contribution >= 0.6 is 0 Å². The molecule has 0 saturated heterocycles. The largest absolute Gasteiger partial charge is 0.452 e. The Morgan fingerprint density at radius 2 is 2.10 bits per heavy atom. The number of aromatic nitrogens is 1. The van der Waals surface area contributed by atoms with Gasteiger partial charge in [-0.3, -0.25) is 9.78 Å². The number of aliphatic imine (C=N–C) groups is 1. The molecule has 0 saturated carbocycles. The maximum atomic E-state index is 14.0. The zero-order chi connectivity index (χ0) is 21.2. The second-order valence-electron chi connectivity index (χ2n) is 6.72. The van der Waals surface area contributed by atoms with Crippen molar-refractivity contribution >= 4 is 17.6 Å². The minimum atomic E-state index is -4.73. The molecule has 3 rings (SSSR count). The summed E-state index contributed by atoms with van der Waals surface area (Å²) in [5.74, 6) is -0.514. The molecule has 6 nitrogen and oxygen atoms in total. The number of pyridine rings is 1. The normalized spacial score (nSPS) is 21.8. The van der Waals surface area contributed by atoms with E-state index < -0.39 is 42.8 Å². The molecule has 2 aromatic rings. The van der Waals surface area contributed by atoms with Crippen molar-refractivity contribution in [3.8, 4) is 0 Å². The second kappa shape index (κ2) is 7.69. The molecule has 1 amide bonds. The number of nitrogens with one attached hydrogen (secondary N) is 1. The fraction of sp³-hybridized carbons (Fsp3) is 0.316. The van der Waals surface area contributed by atoms with E-state index >= 15 is 0 Å². The van der Waals surface area contributed by atoms with Crippen molar-refractivity contribution < 1.29 is 27.1 Å². The molecule has 29 heavy (non-hydrogen) atoms. The maximum absolute atomic E-state index is 14.0. The van der Waals surface area contributed by atoms with Gasteiger partial charge in [-0.2, -0.15) is 13.2 Å². The van der Waals surface area contributed by atoms with Crippen LogP contribution in [0, 0.1) is 6.92 Å². The number of carbonyl (C=O) groups excluding carboxylic acids is 1. The molecule has 2 atom stereocenters. The zero-order valence-corrected chi connectivity index (χ0v) is 15.3. The van der Waals surface area contributed by atoms with Crippen LogP contribution in [0.25, 0.3) is 0 Å². The number of carbonyl (C=O) groups is 1. The third-order valence-corrected chi connectivity index (χ3v) is 4.50. The summed E-state index contributed by atoms with van der Waals surface area (Å²) in [6.45, 7) is 0.601. The molecule has 0 radical (unpaired) electrons. The number of anilines is 1. The number of alkyl halides is 4. The Kier molecular flexibility index (Phi) is 5.45. The van der Waals surface area contributed by atoms with Crippen molar-refractivity contribution in [1.29, 1.82) is 0 Å². The Balaban J connectivity index is 1.89. The van der Waals surface area contributed by atoms with Crippen LogP contribution in [0.1, 0.15) is 28.0 Å². The summed E-state index contributed by atoms with van der Waals surface area (Å²) in [5.41, 5.74) is 4.96. The summed E-state index contributed by atoms with van der Waals surface area (Å²) in [7, 11) is 0. The second-order valence-corrected chi connectivity index (χ2v) is 6.72. The van der Waals surface area contributed by atoms with E-state index in [2.05, 4.69) is 20.0 Å². The quantitative estimate of drug-likeness (QED) is 0.756. The fourth-order valence-corrected chi connectivity index (χ4v) is 2.99. The number of hydrogen-bond acceptors (Lipinski definition) is 5. The lowest BCUT2D eigenvalue weighted by atomic mass is 9.85. The van der Waals surface area contributed by atoms with E-state index in [-0.39, 0.29) is 16.9 Å². The van der Waals surface area contributed by atoms with Crippen molar-refractivity contribution in [2.24, 2.45) is 10.7 Å². The number of nitrogens with two attached hydrogens (primary N) is 1. The predicted molar refractivity (Wildman–Crippen MR) is 98.2 cm³/mol. The predicted octanol–water partition coefficient (Wildman–Crippen LogP) is 3.47. The van der Waals surface area contributed by atoms with Crippen LogP contribution in [0.2, 0.25) is 0 Å². The summed E-state index contributed by atoms with van der Waals surface area (Å²) in [6.07, 6.45) is -6.26. The number of amides is 1. The minimum Gasteiger partial charge on any atom is -0.452 e. The molecule has 1 aliphatic heterocycles. The highest BCUT2D eigenvalue weighted by Crippen LogP contribution is 2.41. The monoisotopic (exact) mass is 410 g/mol. The molecule has 1 aromatic heterocycles. The summed E-state index contributed by atoms with van der Waals surface area (Å²) in [5, 5.41) is 2.59. The first kappa shape index (κ1) is 20.6. The molecule has 154 valence electrons. The van der Waals surface area contributed by atoms with Gasteiger partial charge in [-0.05, 0) is 36.2 Å². The van der Waals surface area contributed by atoms with E-state index in [1.165, 1.54) is 36.5 Å². The third-order valence-electron chi connectivity index (χ3n) is 4.50. The fourth-order valence-electron chi connectivity index (χ4n) is 2.99. The number of ether oxygens (including phenoxy) is 1. The van der Waals surface area contributed by atoms with E-state index in [0.717, 1.165) is 5.56 Å². The van der Waals surface area contributed by atoms with E-state index in [0.29, 0.717) is 0 Å². The molecule has 1 aromatic carbocycles. The van der Waals surface area contributed by atoms with Crippen molar-refractivity contribution in [1.82, 2.24) is 4.98 Å². The van der Waals surface area contributed by atoms with Gasteiger partial charge in [0.05, 0.1) is 0 Å². The van der Waals surface area contributed by atoms with Gasteiger partial charge in [0.15, 0.2) is 6.10 Å². The van der Waals surface area contributed by atoms with Crippen LogP contribution in [0.3, 0.4) is 0 Å². The van der Waals surface area contributed by atoms with Crippen LogP contribution in [0.15, 0.2) is 47.6 Å². The topological polar surface area (TPSA) is 89.6 Å². The molecule has 10 heteroatoms. The molecule has 0 unspecified atom stereocenters. The highest BCUT2D eigenvalue weighted by Gasteiger charge is 2.51. The van der Waals surface area contributed by atoms with Crippen LogP contribution in [-0.4, -0.2) is 35.9 Å². The van der Waals surface area contributed by atoms with E-state index in [1.54, 1.807) is 6.07 Å². The van der Waals surface area contributed by atoms with Crippen molar-refractivity contribution in [3.05, 3.63) is 59.4 Å². The van der Waals surface area contributed by atoms with Gasteiger partial charge in [0.1, 0.15) is 17.9 Å². The molecule has 1 aliphatic rings. The Labute approximate surface area is 163 Å². The van der Waals surface area contributed by atoms with Crippen LogP contribution < -0.4 is 11.1 Å². The van der Waals surface area contributed by atoms with E-state index in [1.807, 2.05) is 6.92 Å². The number of hydrogen-bond donors (Lipinski definition) is 2. The molecule has 0 aliphatic carbocycles. The van der Waals surface area contributed by atoms with Crippen LogP contribution in [0.5, 0.6) is 0 Å². The SMILES string of the molecule is Cc1ccc(C(=O)Nc2cccc([C@]3(CF)C[C@@H](C(F)(F)F)OC(N)=N3)c2)nc1. The average Bonchev–Trinajstić information content (AvgIpc) is 2.67. The third kappa shape index (κ3) is 4.47. The number of nitrogens with zero attached hydrogens (tertiary/aromatic N) is 2. The number of benzene rings is 1. The smallest absolute Gasteiger partial charge is 0.425 e. The maximum Gasteiger partial charge on any atom is 0.425 e. The number of aryl methyl sites for hydroxylation is 1. The van der Waals surface area contributed by atoms with Gasteiger partial charge in [-0.1, -0.05) is 18.2 Å². The average molecular weight is 410 g/mol. The first-order valence-electron chi connectivity index (χ1n) is 8.62. The van der Waals surface area contributed by atoms with Gasteiger partial charge in [0.2, 0.25) is 0 Å². The van der Waals surface area contributed by atoms with Crippen LogP contribution in [-0.2, 0) is 10.3 Å². The minimum absolute atomic E-state index is 0.134. The molecule has 2 heterocycles. The van der Waals surface area contributed by atoms with Crippen LogP contribution in [0.4, 0.5) is 23.2 Å². The summed E-state index contributed by atoms with van der Waals surface area (Å²) in [4.78, 5) is 20.2. The van der Waals surface area contributed by atoms with Gasteiger partial charge in [0, 0.05) is 18.3 Å². The van der Waals surface area contributed by atoms with E-state index in [9.17, 15) is 22.4 Å².